The van der Waals surface area contributed by atoms with E-state index < -0.39 is 12.1 Å². The molecule has 1 aromatic heterocycles. The lowest BCUT2D eigenvalue weighted by Crippen LogP contribution is -2.56. The summed E-state index contributed by atoms with van der Waals surface area (Å²) in [6.45, 7) is 2.13. The number of para-hydroxylation sites is 2. The second-order valence-corrected chi connectivity index (χ2v) is 10.6. The topological polar surface area (TPSA) is 97.8 Å². The highest BCUT2D eigenvalue weighted by atomic mass is 16.5. The molecule has 1 aliphatic heterocycles. The van der Waals surface area contributed by atoms with Gasteiger partial charge in [0, 0.05) is 23.4 Å². The number of likely N-dealkylation sites (tertiary alicyclic amines) is 1. The van der Waals surface area contributed by atoms with Crippen LogP contribution in [0.4, 0.5) is 0 Å². The van der Waals surface area contributed by atoms with E-state index in [-0.39, 0.29) is 29.9 Å². The molecule has 2 aliphatic rings. The minimum Gasteiger partial charge on any atom is -0.489 e. The average molecular weight is 504 g/mol. The lowest BCUT2D eigenvalue weighted by Gasteiger charge is -2.35. The molecular weight excluding hydrogens is 466 g/mol. The van der Waals surface area contributed by atoms with Gasteiger partial charge in [-0.1, -0.05) is 55.7 Å². The molecule has 0 radical (unpaired) electrons. The molecule has 7 nitrogen and oxygen atoms in total. The first-order valence-electron chi connectivity index (χ1n) is 13.5. The molecule has 37 heavy (non-hydrogen) atoms. The van der Waals surface area contributed by atoms with Crippen molar-refractivity contribution in [2.45, 2.75) is 76.1 Å². The Morgan fingerprint density at radius 2 is 1.81 bits per heavy atom. The number of hydrogen-bond donors (Lipinski definition) is 2. The van der Waals surface area contributed by atoms with Gasteiger partial charge >= 0.3 is 0 Å². The standard InChI is InChI=1S/C30H37N3O4/c1-20(31)29(34)32-28(21-10-4-2-5-11-21)30(35)33-18-25(37-24-12-6-3-7-13-24)17-23(33)16-22-19-36-27-15-9-8-14-26(22)27/h3,6-9,12-15,19-21,23,25,28H,2,4-5,10-11,16-18,31H2,1H3,(H,32,34)/t20-,23+,25-,28-/m0/s1. The van der Waals surface area contributed by atoms with Crippen LogP contribution in [0, 0.1) is 5.92 Å². The maximum absolute atomic E-state index is 14.2. The zero-order chi connectivity index (χ0) is 25.8. The third kappa shape index (κ3) is 5.82. The highest BCUT2D eigenvalue weighted by Gasteiger charge is 2.42. The predicted molar refractivity (Wildman–Crippen MR) is 143 cm³/mol. The van der Waals surface area contributed by atoms with E-state index in [4.69, 9.17) is 14.9 Å². The number of carbonyl (C=O) groups excluding carboxylic acids is 2. The summed E-state index contributed by atoms with van der Waals surface area (Å²) < 4.78 is 12.1. The van der Waals surface area contributed by atoms with E-state index in [0.29, 0.717) is 19.4 Å². The fourth-order valence-corrected chi connectivity index (χ4v) is 5.87. The number of rotatable bonds is 8. The van der Waals surface area contributed by atoms with E-state index in [9.17, 15) is 9.59 Å². The van der Waals surface area contributed by atoms with Crippen LogP contribution in [0.2, 0.25) is 0 Å². The number of benzene rings is 2. The van der Waals surface area contributed by atoms with Crippen molar-refractivity contribution in [2.24, 2.45) is 11.7 Å². The summed E-state index contributed by atoms with van der Waals surface area (Å²) in [5, 5.41) is 4.09. The molecular formula is C30H37N3O4. The van der Waals surface area contributed by atoms with E-state index in [1.165, 1.54) is 6.42 Å². The number of nitrogens with two attached hydrogens (primary N) is 1. The Morgan fingerprint density at radius 1 is 1.08 bits per heavy atom. The lowest BCUT2D eigenvalue weighted by atomic mass is 9.83. The molecule has 0 unspecified atom stereocenters. The Labute approximate surface area is 218 Å². The second-order valence-electron chi connectivity index (χ2n) is 10.6. The molecule has 3 aromatic rings. The number of nitrogens with zero attached hydrogens (tertiary/aromatic N) is 1. The number of carbonyl (C=O) groups is 2. The number of ether oxygens (including phenoxy) is 1. The van der Waals surface area contributed by atoms with Crippen LogP contribution < -0.4 is 15.8 Å². The Morgan fingerprint density at radius 3 is 2.57 bits per heavy atom. The lowest BCUT2D eigenvalue weighted by molar-refractivity contribution is -0.139. The van der Waals surface area contributed by atoms with Crippen LogP contribution >= 0.6 is 0 Å². The SMILES string of the molecule is C[C@H](N)C(=O)N[C@H](C(=O)N1C[C@@H](Oc2ccccc2)C[C@H]1Cc1coc2ccccc12)C1CCCCC1. The maximum atomic E-state index is 14.2. The summed E-state index contributed by atoms with van der Waals surface area (Å²) in [5.41, 5.74) is 7.80. The summed E-state index contributed by atoms with van der Waals surface area (Å²) in [6.07, 6.45) is 8.23. The van der Waals surface area contributed by atoms with E-state index in [2.05, 4.69) is 11.4 Å². The minimum atomic E-state index is -0.667. The van der Waals surface area contributed by atoms with Crippen LogP contribution in [0.15, 0.2) is 65.3 Å². The number of fused-ring (bicyclic) bond motifs is 1. The Kier molecular flexibility index (Phi) is 7.79. The number of amides is 2. The van der Waals surface area contributed by atoms with Crippen LogP contribution in [0.1, 0.15) is 51.0 Å². The Hall–Kier alpha value is -3.32. The van der Waals surface area contributed by atoms with Gasteiger partial charge in [-0.15, -0.1) is 0 Å². The van der Waals surface area contributed by atoms with Gasteiger partial charge in [0.25, 0.3) is 0 Å². The van der Waals surface area contributed by atoms with Gasteiger partial charge in [0.2, 0.25) is 11.8 Å². The fourth-order valence-electron chi connectivity index (χ4n) is 5.87. The summed E-state index contributed by atoms with van der Waals surface area (Å²) in [6, 6.07) is 16.4. The van der Waals surface area contributed by atoms with Crippen molar-refractivity contribution in [3.8, 4) is 5.75 Å². The molecule has 1 aliphatic carbocycles. The van der Waals surface area contributed by atoms with Crippen LogP contribution in [0.25, 0.3) is 11.0 Å². The molecule has 2 fully saturated rings. The quantitative estimate of drug-likeness (QED) is 0.474. The zero-order valence-corrected chi connectivity index (χ0v) is 21.5. The molecule has 3 N–H and O–H groups in total. The number of nitrogens with one attached hydrogen (secondary N) is 1. The highest BCUT2D eigenvalue weighted by molar-refractivity contribution is 5.90. The molecule has 0 spiro atoms. The third-order valence-electron chi connectivity index (χ3n) is 7.82. The molecule has 0 bridgehead atoms. The Balaban J connectivity index is 1.41. The van der Waals surface area contributed by atoms with E-state index in [1.807, 2.05) is 53.4 Å². The Bertz CT molecular complexity index is 1200. The smallest absolute Gasteiger partial charge is 0.245 e. The first-order valence-corrected chi connectivity index (χ1v) is 13.5. The zero-order valence-electron chi connectivity index (χ0n) is 21.5. The molecule has 4 atom stereocenters. The van der Waals surface area contributed by atoms with Gasteiger partial charge in [-0.2, -0.15) is 0 Å². The van der Waals surface area contributed by atoms with Crippen molar-refractivity contribution in [3.05, 3.63) is 66.4 Å². The van der Waals surface area contributed by atoms with Crippen LogP contribution in [-0.2, 0) is 16.0 Å². The van der Waals surface area contributed by atoms with E-state index in [0.717, 1.165) is 48.0 Å². The molecule has 7 heteroatoms. The normalized spacial score (nSPS) is 22.1. The average Bonchev–Trinajstić information content (AvgIpc) is 3.52. The largest absolute Gasteiger partial charge is 0.489 e. The van der Waals surface area contributed by atoms with Crippen molar-refractivity contribution >= 4 is 22.8 Å². The van der Waals surface area contributed by atoms with Crippen molar-refractivity contribution in [3.63, 3.8) is 0 Å². The van der Waals surface area contributed by atoms with Gasteiger partial charge < -0.3 is 25.1 Å². The molecule has 1 saturated carbocycles. The highest BCUT2D eigenvalue weighted by Crippen LogP contribution is 2.32. The van der Waals surface area contributed by atoms with Gasteiger partial charge in [-0.25, -0.2) is 0 Å². The van der Waals surface area contributed by atoms with Crippen LogP contribution in [0.5, 0.6) is 5.75 Å². The first kappa shape index (κ1) is 25.3. The van der Waals surface area contributed by atoms with Crippen molar-refractivity contribution in [1.82, 2.24) is 10.2 Å². The minimum absolute atomic E-state index is 0.0298. The molecule has 2 aromatic carbocycles. The van der Waals surface area contributed by atoms with Gasteiger partial charge in [-0.05, 0) is 50.3 Å². The molecule has 1 saturated heterocycles. The summed E-state index contributed by atoms with van der Waals surface area (Å²) in [4.78, 5) is 28.8. The molecule has 2 heterocycles. The maximum Gasteiger partial charge on any atom is 0.245 e. The molecule has 196 valence electrons. The number of furan rings is 1. The van der Waals surface area contributed by atoms with Gasteiger partial charge in [0.15, 0.2) is 0 Å². The third-order valence-corrected chi connectivity index (χ3v) is 7.82. The summed E-state index contributed by atoms with van der Waals surface area (Å²) in [7, 11) is 0. The first-order chi connectivity index (χ1) is 18.0. The van der Waals surface area contributed by atoms with E-state index >= 15 is 0 Å². The number of hydrogen-bond acceptors (Lipinski definition) is 5. The van der Waals surface area contributed by atoms with Gasteiger partial charge in [-0.3, -0.25) is 9.59 Å². The fraction of sp³-hybridized carbons (Fsp3) is 0.467. The monoisotopic (exact) mass is 503 g/mol. The second kappa shape index (κ2) is 11.4. The summed E-state index contributed by atoms with van der Waals surface area (Å²) in [5.74, 6) is 0.604. The van der Waals surface area contributed by atoms with Crippen molar-refractivity contribution in [2.75, 3.05) is 6.54 Å². The van der Waals surface area contributed by atoms with Gasteiger partial charge in [0.1, 0.15) is 23.5 Å². The van der Waals surface area contributed by atoms with Gasteiger partial charge in [0.05, 0.1) is 18.8 Å². The molecule has 2 amide bonds. The van der Waals surface area contributed by atoms with Crippen molar-refractivity contribution in [1.29, 1.82) is 0 Å². The van der Waals surface area contributed by atoms with Crippen LogP contribution in [-0.4, -0.2) is 47.5 Å². The summed E-state index contributed by atoms with van der Waals surface area (Å²) >= 11 is 0. The molecule has 5 rings (SSSR count). The van der Waals surface area contributed by atoms with Crippen molar-refractivity contribution < 1.29 is 18.7 Å². The predicted octanol–water partition coefficient (Wildman–Crippen LogP) is 4.44. The van der Waals surface area contributed by atoms with E-state index in [1.54, 1.807) is 13.2 Å². The van der Waals surface area contributed by atoms with Crippen LogP contribution in [0.3, 0.4) is 0 Å².